The smallest absolute Gasteiger partial charge is 0.306 e. The Morgan fingerprint density at radius 1 is 1.24 bits per heavy atom. The molecule has 1 aliphatic rings. The summed E-state index contributed by atoms with van der Waals surface area (Å²) in [6.07, 6.45) is 4.35. The average molecular weight is 395 g/mol. The molecule has 0 aliphatic carbocycles. The average Bonchev–Trinajstić information content (AvgIpc) is 3.25. The molecular weight excluding hydrogens is 368 g/mol. The second-order valence-corrected chi connectivity index (χ2v) is 7.20. The van der Waals surface area contributed by atoms with E-state index in [1.54, 1.807) is 24.7 Å². The number of aromatic nitrogens is 2. The standard InChI is InChI=1S/C22H26N4O3/c1-3-25(4-2)10-6-11-26-14-24-22-20(21(26)23)19(17-7-5-12-28-17)16-9-8-15(27)13-18(16)29-22/h5,7-9,12-14,19,23,27H,3-4,6,10-11H2,1-2H3/p+1/t19-/m1/s1. The van der Waals surface area contributed by atoms with Crippen molar-refractivity contribution in [2.24, 2.45) is 0 Å². The van der Waals surface area contributed by atoms with Gasteiger partial charge in [-0.3, -0.25) is 0 Å². The van der Waals surface area contributed by atoms with Gasteiger partial charge in [-0.25, -0.2) is 4.57 Å². The van der Waals surface area contributed by atoms with Gasteiger partial charge in [-0.2, -0.15) is 0 Å². The number of furan rings is 1. The van der Waals surface area contributed by atoms with Gasteiger partial charge in [0, 0.05) is 18.2 Å². The van der Waals surface area contributed by atoms with Crippen molar-refractivity contribution in [1.82, 2.24) is 9.88 Å². The summed E-state index contributed by atoms with van der Waals surface area (Å²) in [5, 5.41) is 9.88. The third kappa shape index (κ3) is 3.65. The number of ether oxygens (including phenoxy) is 1. The number of fused-ring (bicyclic) bond motifs is 2. The van der Waals surface area contributed by atoms with Crippen LogP contribution in [0.5, 0.6) is 17.4 Å². The summed E-state index contributed by atoms with van der Waals surface area (Å²) in [7, 11) is 0. The fourth-order valence-electron chi connectivity index (χ4n) is 3.91. The second-order valence-electron chi connectivity index (χ2n) is 7.20. The molecule has 1 aromatic carbocycles. The summed E-state index contributed by atoms with van der Waals surface area (Å²) < 4.78 is 13.7. The number of hydrogen-bond acceptors (Lipinski definition) is 6. The number of hydrogen-bond donors (Lipinski definition) is 2. The monoisotopic (exact) mass is 395 g/mol. The quantitative estimate of drug-likeness (QED) is 0.467. The maximum absolute atomic E-state index is 9.88. The Morgan fingerprint density at radius 3 is 2.79 bits per heavy atom. The number of nitrogens with zero attached hydrogens (tertiary/aromatic N) is 3. The largest absolute Gasteiger partial charge is 0.508 e. The Morgan fingerprint density at radius 2 is 2.07 bits per heavy atom. The van der Waals surface area contributed by atoms with E-state index in [1.165, 1.54) is 0 Å². The fraction of sp³-hybridized carbons (Fsp3) is 0.364. The van der Waals surface area contributed by atoms with Crippen LogP contribution in [-0.4, -0.2) is 34.6 Å². The van der Waals surface area contributed by atoms with Crippen LogP contribution in [0.2, 0.25) is 0 Å². The van der Waals surface area contributed by atoms with Gasteiger partial charge in [-0.1, -0.05) is 24.9 Å². The van der Waals surface area contributed by atoms with E-state index in [-0.39, 0.29) is 11.7 Å². The Bertz CT molecular complexity index is 984. The van der Waals surface area contributed by atoms with Crippen LogP contribution < -0.4 is 15.0 Å². The molecule has 0 fully saturated rings. The zero-order chi connectivity index (χ0) is 20.4. The van der Waals surface area contributed by atoms with Crippen molar-refractivity contribution in [3.63, 3.8) is 0 Å². The van der Waals surface area contributed by atoms with Gasteiger partial charge < -0.3 is 24.9 Å². The molecule has 0 bridgehead atoms. The minimum absolute atomic E-state index is 0.140. The van der Waals surface area contributed by atoms with Gasteiger partial charge in [0.25, 0.3) is 0 Å². The van der Waals surface area contributed by atoms with E-state index >= 15 is 0 Å². The molecule has 4 rings (SSSR count). The number of phenols is 1. The van der Waals surface area contributed by atoms with Gasteiger partial charge in [-0.15, -0.1) is 0 Å². The molecule has 7 heteroatoms. The highest BCUT2D eigenvalue weighted by Crippen LogP contribution is 2.48. The first-order valence-corrected chi connectivity index (χ1v) is 10.1. The SMILES string of the molecule is CCN(CC)CCC[n+]1cnc2c(c1N)[C@@H](c1ccco1)c1ccc(O)cc1O2. The Kier molecular flexibility index (Phi) is 5.40. The number of rotatable bonds is 7. The van der Waals surface area contributed by atoms with Crippen LogP contribution in [0.25, 0.3) is 0 Å². The van der Waals surface area contributed by atoms with Crippen molar-refractivity contribution in [3.8, 4) is 17.4 Å². The minimum Gasteiger partial charge on any atom is -0.508 e. The van der Waals surface area contributed by atoms with Gasteiger partial charge in [0.2, 0.25) is 12.1 Å². The number of aromatic hydroxyl groups is 1. The number of nitrogens with two attached hydrogens (primary N) is 1. The van der Waals surface area contributed by atoms with Gasteiger partial charge >= 0.3 is 5.88 Å². The molecule has 1 aliphatic heterocycles. The maximum atomic E-state index is 9.88. The predicted molar refractivity (Wildman–Crippen MR) is 109 cm³/mol. The molecular formula is C22H27N4O3+. The van der Waals surface area contributed by atoms with E-state index in [4.69, 9.17) is 14.9 Å². The Hall–Kier alpha value is -3.06. The molecule has 29 heavy (non-hydrogen) atoms. The first-order valence-electron chi connectivity index (χ1n) is 10.1. The topological polar surface area (TPSA) is 88.6 Å². The summed E-state index contributed by atoms with van der Waals surface area (Å²) in [5.74, 6) is 2.28. The number of anilines is 1. The van der Waals surface area contributed by atoms with E-state index in [0.29, 0.717) is 17.4 Å². The van der Waals surface area contributed by atoms with Gasteiger partial charge in [0.15, 0.2) is 0 Å². The van der Waals surface area contributed by atoms with Crippen LogP contribution in [0.3, 0.4) is 0 Å². The molecule has 1 atom stereocenters. The number of nitrogen functional groups attached to an aromatic ring is 1. The Labute approximate surface area is 170 Å². The van der Waals surface area contributed by atoms with Crippen LogP contribution in [0.4, 0.5) is 5.82 Å². The van der Waals surface area contributed by atoms with Crippen LogP contribution in [0.15, 0.2) is 47.3 Å². The molecule has 152 valence electrons. The highest BCUT2D eigenvalue weighted by Gasteiger charge is 2.37. The zero-order valence-corrected chi connectivity index (χ0v) is 16.8. The van der Waals surface area contributed by atoms with E-state index in [1.807, 2.05) is 22.8 Å². The lowest BCUT2D eigenvalue weighted by molar-refractivity contribution is -0.686. The zero-order valence-electron chi connectivity index (χ0n) is 16.8. The molecule has 0 amide bonds. The van der Waals surface area contributed by atoms with Crippen molar-refractivity contribution in [2.45, 2.75) is 32.7 Å². The van der Waals surface area contributed by atoms with Crippen molar-refractivity contribution < 1.29 is 18.8 Å². The van der Waals surface area contributed by atoms with Crippen molar-refractivity contribution in [1.29, 1.82) is 0 Å². The first-order chi connectivity index (χ1) is 14.1. The highest BCUT2D eigenvalue weighted by molar-refractivity contribution is 5.60. The van der Waals surface area contributed by atoms with Crippen LogP contribution >= 0.6 is 0 Å². The molecule has 0 radical (unpaired) electrons. The van der Waals surface area contributed by atoms with E-state index in [2.05, 4.69) is 23.7 Å². The van der Waals surface area contributed by atoms with Gasteiger partial charge in [-0.05, 0) is 37.7 Å². The molecule has 3 heterocycles. The number of benzene rings is 1. The van der Waals surface area contributed by atoms with E-state index in [9.17, 15) is 5.11 Å². The van der Waals surface area contributed by atoms with Crippen molar-refractivity contribution in [3.05, 3.63) is 59.8 Å². The molecule has 3 N–H and O–H groups in total. The third-order valence-electron chi connectivity index (χ3n) is 5.53. The molecule has 0 saturated heterocycles. The fourth-order valence-corrected chi connectivity index (χ4v) is 3.91. The number of aryl methyl sites for hydroxylation is 1. The van der Waals surface area contributed by atoms with E-state index in [0.717, 1.165) is 49.5 Å². The van der Waals surface area contributed by atoms with E-state index < -0.39 is 0 Å². The Balaban J connectivity index is 1.71. The highest BCUT2D eigenvalue weighted by atomic mass is 16.5. The number of phenolic OH excluding ortho intramolecular Hbond substituents is 1. The molecule has 0 unspecified atom stereocenters. The lowest BCUT2D eigenvalue weighted by atomic mass is 9.87. The summed E-state index contributed by atoms with van der Waals surface area (Å²) in [5.41, 5.74) is 8.29. The van der Waals surface area contributed by atoms with Gasteiger partial charge in [0.1, 0.15) is 22.8 Å². The third-order valence-corrected chi connectivity index (χ3v) is 5.53. The van der Waals surface area contributed by atoms with Crippen LogP contribution in [-0.2, 0) is 6.54 Å². The molecule has 0 saturated carbocycles. The summed E-state index contributed by atoms with van der Waals surface area (Å²) in [4.78, 5) is 6.92. The molecule has 0 spiro atoms. The lowest BCUT2D eigenvalue weighted by Crippen LogP contribution is -2.41. The molecule has 3 aromatic rings. The maximum Gasteiger partial charge on any atom is 0.306 e. The molecule has 2 aromatic heterocycles. The minimum atomic E-state index is -0.243. The molecule has 7 nitrogen and oxygen atoms in total. The predicted octanol–water partition coefficient (Wildman–Crippen LogP) is 3.27. The first kappa shape index (κ1) is 19.3. The summed E-state index contributed by atoms with van der Waals surface area (Å²) in [6, 6.07) is 8.87. The van der Waals surface area contributed by atoms with Crippen LogP contribution in [0.1, 0.15) is 43.1 Å². The summed E-state index contributed by atoms with van der Waals surface area (Å²) >= 11 is 0. The normalized spacial score (nSPS) is 15.1. The summed E-state index contributed by atoms with van der Waals surface area (Å²) in [6.45, 7) is 8.21. The van der Waals surface area contributed by atoms with Crippen molar-refractivity contribution in [2.75, 3.05) is 25.4 Å². The van der Waals surface area contributed by atoms with Crippen LogP contribution in [0, 0.1) is 0 Å². The second kappa shape index (κ2) is 8.13. The lowest BCUT2D eigenvalue weighted by Gasteiger charge is -2.25. The van der Waals surface area contributed by atoms with Gasteiger partial charge in [0.05, 0.1) is 18.7 Å². The van der Waals surface area contributed by atoms with Crippen molar-refractivity contribution >= 4 is 5.82 Å².